The smallest absolute Gasteiger partial charge is 0.252 e. The molecule has 7 heteroatoms. The molecule has 1 heterocycles. The summed E-state index contributed by atoms with van der Waals surface area (Å²) in [6, 6.07) is 8.63. The summed E-state index contributed by atoms with van der Waals surface area (Å²) < 4.78 is 0. The van der Waals surface area contributed by atoms with Crippen LogP contribution in [0, 0.1) is 6.92 Å². The quantitative estimate of drug-likeness (QED) is 0.677. The number of nitrogens with one attached hydrogen (secondary N) is 1. The van der Waals surface area contributed by atoms with Gasteiger partial charge < -0.3 is 21.4 Å². The van der Waals surface area contributed by atoms with Gasteiger partial charge in [-0.1, -0.05) is 18.2 Å². The third kappa shape index (κ3) is 3.82. The minimum atomic E-state index is -0.510. The van der Waals surface area contributed by atoms with Gasteiger partial charge in [0.05, 0.1) is 6.54 Å². The van der Waals surface area contributed by atoms with Crippen molar-refractivity contribution in [1.82, 2.24) is 9.97 Å². The first-order valence-corrected chi connectivity index (χ1v) is 6.40. The van der Waals surface area contributed by atoms with Crippen molar-refractivity contribution >= 4 is 17.4 Å². The predicted molar refractivity (Wildman–Crippen MR) is 80.7 cm³/mol. The van der Waals surface area contributed by atoms with E-state index in [2.05, 4.69) is 9.97 Å². The minimum Gasteiger partial charge on any atom is -0.398 e. The Morgan fingerprint density at radius 1 is 1.38 bits per heavy atom. The van der Waals surface area contributed by atoms with Gasteiger partial charge >= 0.3 is 0 Å². The SMILES string of the molecule is Cc1nc(N(CC(N)=O)Cc2ccccc2N)cc(=O)[nH]1. The standard InChI is InChI=1S/C14H17N5O2/c1-9-17-13(6-14(21)18-9)19(8-12(16)20)7-10-4-2-3-5-11(10)15/h2-6H,7-8,15H2,1H3,(H2,16,20)(H,17,18,21). The molecule has 0 aliphatic heterocycles. The molecule has 0 unspecified atom stereocenters. The normalized spacial score (nSPS) is 10.3. The summed E-state index contributed by atoms with van der Waals surface area (Å²) in [5.74, 6) is 0.343. The van der Waals surface area contributed by atoms with E-state index in [1.165, 1.54) is 6.07 Å². The number of aromatic nitrogens is 2. The summed E-state index contributed by atoms with van der Waals surface area (Å²) >= 11 is 0. The number of carbonyl (C=O) groups is 1. The van der Waals surface area contributed by atoms with Crippen molar-refractivity contribution < 1.29 is 4.79 Å². The average Bonchev–Trinajstić information content (AvgIpc) is 2.39. The number of rotatable bonds is 5. The maximum atomic E-state index is 11.6. The molecule has 110 valence electrons. The lowest BCUT2D eigenvalue weighted by Crippen LogP contribution is -2.35. The molecule has 0 aliphatic rings. The average molecular weight is 287 g/mol. The van der Waals surface area contributed by atoms with Crippen molar-refractivity contribution in [2.45, 2.75) is 13.5 Å². The van der Waals surface area contributed by atoms with E-state index in [1.807, 2.05) is 18.2 Å². The Morgan fingerprint density at radius 3 is 2.71 bits per heavy atom. The van der Waals surface area contributed by atoms with Crippen molar-refractivity contribution in [1.29, 1.82) is 0 Å². The highest BCUT2D eigenvalue weighted by molar-refractivity contribution is 5.79. The largest absolute Gasteiger partial charge is 0.398 e. The van der Waals surface area contributed by atoms with Crippen LogP contribution in [0.25, 0.3) is 0 Å². The molecule has 0 spiro atoms. The zero-order valence-corrected chi connectivity index (χ0v) is 11.7. The van der Waals surface area contributed by atoms with Gasteiger partial charge in [-0.3, -0.25) is 9.59 Å². The van der Waals surface area contributed by atoms with E-state index in [0.717, 1.165) is 5.56 Å². The number of carbonyl (C=O) groups excluding carboxylic acids is 1. The van der Waals surface area contributed by atoms with Crippen LogP contribution in [-0.2, 0) is 11.3 Å². The summed E-state index contributed by atoms with van der Waals surface area (Å²) in [7, 11) is 0. The van der Waals surface area contributed by atoms with Crippen molar-refractivity contribution in [2.75, 3.05) is 17.2 Å². The van der Waals surface area contributed by atoms with Gasteiger partial charge in [-0.2, -0.15) is 0 Å². The first kappa shape index (κ1) is 14.6. The maximum Gasteiger partial charge on any atom is 0.252 e. The molecule has 0 saturated carbocycles. The molecule has 1 aromatic carbocycles. The molecule has 7 nitrogen and oxygen atoms in total. The van der Waals surface area contributed by atoms with Gasteiger partial charge in [0.15, 0.2) is 0 Å². The Labute approximate surface area is 121 Å². The first-order chi connectivity index (χ1) is 9.95. The number of nitrogen functional groups attached to an aromatic ring is 1. The van der Waals surface area contributed by atoms with Gasteiger partial charge in [-0.25, -0.2) is 4.98 Å². The Bertz CT molecular complexity index is 711. The highest BCUT2D eigenvalue weighted by atomic mass is 16.1. The molecule has 1 aromatic heterocycles. The second kappa shape index (κ2) is 6.08. The van der Waals surface area contributed by atoms with Crippen LogP contribution in [-0.4, -0.2) is 22.4 Å². The predicted octanol–water partition coefficient (Wildman–Crippen LogP) is 0.152. The third-order valence-corrected chi connectivity index (χ3v) is 2.93. The van der Waals surface area contributed by atoms with Gasteiger partial charge in [0, 0.05) is 18.3 Å². The van der Waals surface area contributed by atoms with Gasteiger partial charge in [-0.05, 0) is 18.6 Å². The summed E-state index contributed by atoms with van der Waals surface area (Å²) in [4.78, 5) is 31.2. The Hall–Kier alpha value is -2.83. The summed E-state index contributed by atoms with van der Waals surface area (Å²) in [6.45, 7) is 1.96. The number of hydrogen-bond acceptors (Lipinski definition) is 5. The number of nitrogens with two attached hydrogens (primary N) is 2. The monoisotopic (exact) mass is 287 g/mol. The number of hydrogen-bond donors (Lipinski definition) is 3. The summed E-state index contributed by atoms with van der Waals surface area (Å²) in [5, 5.41) is 0. The van der Waals surface area contributed by atoms with Gasteiger partial charge in [0.25, 0.3) is 5.56 Å². The van der Waals surface area contributed by atoms with Crippen LogP contribution in [0.15, 0.2) is 35.1 Å². The number of H-pyrrole nitrogens is 1. The van der Waals surface area contributed by atoms with Crippen molar-refractivity contribution in [3.05, 3.63) is 52.1 Å². The summed E-state index contributed by atoms with van der Waals surface area (Å²) in [6.07, 6.45) is 0. The number of primary amides is 1. The molecular formula is C14H17N5O2. The lowest BCUT2D eigenvalue weighted by atomic mass is 10.1. The first-order valence-electron chi connectivity index (χ1n) is 6.40. The second-order valence-corrected chi connectivity index (χ2v) is 4.71. The molecule has 0 bridgehead atoms. The summed E-state index contributed by atoms with van der Waals surface area (Å²) in [5.41, 5.74) is 12.3. The molecule has 2 rings (SSSR count). The third-order valence-electron chi connectivity index (χ3n) is 2.93. The Morgan fingerprint density at radius 2 is 2.10 bits per heavy atom. The number of anilines is 2. The molecule has 0 atom stereocenters. The molecular weight excluding hydrogens is 270 g/mol. The number of aromatic amines is 1. The second-order valence-electron chi connectivity index (χ2n) is 4.71. The zero-order chi connectivity index (χ0) is 15.4. The van der Waals surface area contributed by atoms with E-state index < -0.39 is 5.91 Å². The molecule has 0 fully saturated rings. The fraction of sp³-hybridized carbons (Fsp3) is 0.214. The van der Waals surface area contributed by atoms with E-state index in [9.17, 15) is 9.59 Å². The molecule has 0 aliphatic carbocycles. The fourth-order valence-corrected chi connectivity index (χ4v) is 2.02. The Balaban J connectivity index is 2.36. The van der Waals surface area contributed by atoms with Gasteiger partial charge in [0.2, 0.25) is 5.91 Å². The number of benzene rings is 1. The highest BCUT2D eigenvalue weighted by Crippen LogP contribution is 2.17. The van der Waals surface area contributed by atoms with E-state index in [1.54, 1.807) is 17.9 Å². The van der Waals surface area contributed by atoms with E-state index in [4.69, 9.17) is 11.5 Å². The Kier molecular flexibility index (Phi) is 4.22. The molecule has 0 saturated heterocycles. The number of amides is 1. The van der Waals surface area contributed by atoms with E-state index in [-0.39, 0.29) is 12.1 Å². The van der Waals surface area contributed by atoms with Gasteiger partial charge in [-0.15, -0.1) is 0 Å². The van der Waals surface area contributed by atoms with Crippen molar-refractivity contribution in [3.8, 4) is 0 Å². The van der Waals surface area contributed by atoms with Gasteiger partial charge in [0.1, 0.15) is 11.6 Å². The molecule has 5 N–H and O–H groups in total. The highest BCUT2D eigenvalue weighted by Gasteiger charge is 2.14. The molecule has 1 amide bonds. The van der Waals surface area contributed by atoms with Crippen LogP contribution < -0.4 is 21.9 Å². The lowest BCUT2D eigenvalue weighted by molar-refractivity contribution is -0.116. The van der Waals surface area contributed by atoms with Crippen LogP contribution in [0.1, 0.15) is 11.4 Å². The number of nitrogens with zero attached hydrogens (tertiary/aromatic N) is 2. The number of aryl methyl sites for hydroxylation is 1. The number of para-hydroxylation sites is 1. The zero-order valence-electron chi connectivity index (χ0n) is 11.7. The van der Waals surface area contributed by atoms with E-state index in [0.29, 0.717) is 23.9 Å². The van der Waals surface area contributed by atoms with Crippen LogP contribution >= 0.6 is 0 Å². The van der Waals surface area contributed by atoms with E-state index >= 15 is 0 Å². The lowest BCUT2D eigenvalue weighted by Gasteiger charge is -2.23. The molecule has 2 aromatic rings. The molecule has 0 radical (unpaired) electrons. The van der Waals surface area contributed by atoms with Crippen LogP contribution in [0.5, 0.6) is 0 Å². The fourth-order valence-electron chi connectivity index (χ4n) is 2.02. The van der Waals surface area contributed by atoms with Crippen LogP contribution in [0.4, 0.5) is 11.5 Å². The van der Waals surface area contributed by atoms with Crippen molar-refractivity contribution in [3.63, 3.8) is 0 Å². The topological polar surface area (TPSA) is 118 Å². The molecule has 21 heavy (non-hydrogen) atoms. The van der Waals surface area contributed by atoms with Crippen molar-refractivity contribution in [2.24, 2.45) is 5.73 Å². The van der Waals surface area contributed by atoms with Crippen LogP contribution in [0.3, 0.4) is 0 Å². The van der Waals surface area contributed by atoms with Crippen LogP contribution in [0.2, 0.25) is 0 Å². The minimum absolute atomic E-state index is 0.0514. The maximum absolute atomic E-state index is 11.6.